The van der Waals surface area contributed by atoms with E-state index in [1.807, 2.05) is 0 Å². The van der Waals surface area contributed by atoms with Crippen molar-refractivity contribution in [2.75, 3.05) is 5.01 Å². The van der Waals surface area contributed by atoms with Crippen LogP contribution in [0.4, 0.5) is 18.9 Å². The molecule has 3 aromatic rings. The first-order valence-electron chi connectivity index (χ1n) is 8.61. The molecule has 0 spiro atoms. The minimum atomic E-state index is -4.80. The van der Waals surface area contributed by atoms with E-state index in [9.17, 15) is 22.8 Å². The summed E-state index contributed by atoms with van der Waals surface area (Å²) in [6, 6.07) is 12.7. The van der Waals surface area contributed by atoms with Gasteiger partial charge in [0.25, 0.3) is 5.91 Å². The van der Waals surface area contributed by atoms with Gasteiger partial charge in [0.2, 0.25) is 0 Å². The predicted octanol–water partition coefficient (Wildman–Crippen LogP) is 3.23. The van der Waals surface area contributed by atoms with Gasteiger partial charge in [0.15, 0.2) is 5.71 Å². The summed E-state index contributed by atoms with van der Waals surface area (Å²) >= 11 is 0. The lowest BCUT2D eigenvalue weighted by Crippen LogP contribution is -2.25. The number of hydrogen-bond donors (Lipinski definition) is 0. The van der Waals surface area contributed by atoms with Crippen LogP contribution in [-0.2, 0) is 18.9 Å². The molecular weight excluding hydrogens is 385 g/mol. The number of benzene rings is 2. The molecule has 0 N–H and O–H groups in total. The largest absolute Gasteiger partial charge is 0.435 e. The fourth-order valence-electron chi connectivity index (χ4n) is 3.28. The number of para-hydroxylation sites is 1. The predicted molar refractivity (Wildman–Crippen MR) is 104 cm³/mol. The Morgan fingerprint density at radius 1 is 0.931 bits per heavy atom. The number of halogens is 3. The maximum Gasteiger partial charge on any atom is 0.435 e. The van der Waals surface area contributed by atoms with Gasteiger partial charge in [-0.15, -0.1) is 0 Å². The number of hydrazone groups is 1. The highest BCUT2D eigenvalue weighted by Crippen LogP contribution is 2.32. The minimum absolute atomic E-state index is 0.239. The molecule has 0 bridgehead atoms. The van der Waals surface area contributed by atoms with Crippen LogP contribution in [0.2, 0.25) is 0 Å². The van der Waals surface area contributed by atoms with Gasteiger partial charge in [-0.05, 0) is 35.9 Å². The van der Waals surface area contributed by atoms with Crippen LogP contribution in [0.15, 0.2) is 64.0 Å². The molecule has 148 valence electrons. The van der Waals surface area contributed by atoms with Crippen molar-refractivity contribution in [3.8, 4) is 0 Å². The Labute approximate surface area is 162 Å². The molecule has 0 aliphatic carbocycles. The van der Waals surface area contributed by atoms with Crippen molar-refractivity contribution < 1.29 is 18.0 Å². The molecule has 0 saturated carbocycles. The molecule has 29 heavy (non-hydrogen) atoms. The second kappa shape index (κ2) is 6.47. The van der Waals surface area contributed by atoms with Crippen molar-refractivity contribution in [1.29, 1.82) is 0 Å². The molecule has 2 aromatic carbocycles. The molecule has 1 aliphatic rings. The molecule has 0 saturated heterocycles. The molecule has 4 rings (SSSR count). The van der Waals surface area contributed by atoms with Crippen LogP contribution in [0.5, 0.6) is 0 Å². The first-order valence-corrected chi connectivity index (χ1v) is 8.61. The van der Waals surface area contributed by atoms with Crippen molar-refractivity contribution in [3.63, 3.8) is 0 Å². The van der Waals surface area contributed by atoms with Crippen LogP contribution in [0, 0.1) is 0 Å². The molecule has 0 fully saturated rings. The molecule has 1 amide bonds. The molecule has 6 nitrogen and oxygen atoms in total. The Morgan fingerprint density at radius 3 is 2.24 bits per heavy atom. The summed E-state index contributed by atoms with van der Waals surface area (Å²) in [7, 11) is 3.18. The molecule has 0 radical (unpaired) electrons. The highest BCUT2D eigenvalue weighted by atomic mass is 19.4. The van der Waals surface area contributed by atoms with Gasteiger partial charge in [-0.25, -0.2) is 4.79 Å². The van der Waals surface area contributed by atoms with Crippen LogP contribution in [0.25, 0.3) is 17.1 Å². The summed E-state index contributed by atoms with van der Waals surface area (Å²) in [5.74, 6) is -0.870. The summed E-state index contributed by atoms with van der Waals surface area (Å²) in [5.41, 5.74) is -0.294. The Bertz CT molecular complexity index is 1250. The maximum atomic E-state index is 13.6. The molecule has 1 aromatic heterocycles. The van der Waals surface area contributed by atoms with Crippen molar-refractivity contribution in [3.05, 3.63) is 70.2 Å². The number of anilines is 1. The highest BCUT2D eigenvalue weighted by molar-refractivity contribution is 6.34. The summed E-state index contributed by atoms with van der Waals surface area (Å²) < 4.78 is 43.5. The second-order valence-corrected chi connectivity index (χ2v) is 6.61. The minimum Gasteiger partial charge on any atom is -0.295 e. The number of aromatic nitrogens is 2. The van der Waals surface area contributed by atoms with Gasteiger partial charge in [0.1, 0.15) is 0 Å². The number of fused-ring (bicyclic) bond motifs is 1. The molecule has 2 heterocycles. The van der Waals surface area contributed by atoms with E-state index in [4.69, 9.17) is 0 Å². The van der Waals surface area contributed by atoms with Crippen molar-refractivity contribution in [1.82, 2.24) is 9.13 Å². The standard InChI is InChI=1S/C20H15F3N4O2/c1-25-15-9-8-12(11-16(15)26(2)19(25)29)10-14-17(20(21,22)23)24-27(18(14)28)13-6-4-3-5-7-13/h3-11H,1-2H3/b14-10-. The summed E-state index contributed by atoms with van der Waals surface area (Å²) in [6.07, 6.45) is -3.65. The lowest BCUT2D eigenvalue weighted by atomic mass is 10.1. The van der Waals surface area contributed by atoms with E-state index in [1.54, 1.807) is 50.5 Å². The SMILES string of the molecule is Cn1c(=O)n(C)c2cc(/C=C3\C(=O)N(c4ccccc4)N=C3C(F)(F)F)ccc21. The highest BCUT2D eigenvalue weighted by Gasteiger charge is 2.46. The van der Waals surface area contributed by atoms with E-state index in [1.165, 1.54) is 21.3 Å². The molecule has 9 heteroatoms. The second-order valence-electron chi connectivity index (χ2n) is 6.61. The van der Waals surface area contributed by atoms with Crippen LogP contribution in [0.1, 0.15) is 5.56 Å². The average Bonchev–Trinajstić information content (AvgIpc) is 3.13. The van der Waals surface area contributed by atoms with E-state index in [0.717, 1.165) is 11.1 Å². The fourth-order valence-corrected chi connectivity index (χ4v) is 3.28. The Hall–Kier alpha value is -3.62. The number of carbonyl (C=O) groups excluding carboxylic acids is 1. The van der Waals surface area contributed by atoms with E-state index >= 15 is 0 Å². The number of amides is 1. The molecular formula is C20H15F3N4O2. The quantitative estimate of drug-likeness (QED) is 0.621. The van der Waals surface area contributed by atoms with Crippen molar-refractivity contribution >= 4 is 34.4 Å². The Kier molecular flexibility index (Phi) is 4.18. The number of rotatable bonds is 2. The number of hydrogen-bond acceptors (Lipinski definition) is 3. The van der Waals surface area contributed by atoms with Crippen molar-refractivity contribution in [2.24, 2.45) is 19.2 Å². The summed E-state index contributed by atoms with van der Waals surface area (Å²) in [5, 5.41) is 4.28. The summed E-state index contributed by atoms with van der Waals surface area (Å²) in [4.78, 5) is 24.8. The number of alkyl halides is 3. The summed E-state index contributed by atoms with van der Waals surface area (Å²) in [6.45, 7) is 0. The zero-order chi connectivity index (χ0) is 20.9. The number of aryl methyl sites for hydroxylation is 2. The van der Waals surface area contributed by atoms with E-state index in [2.05, 4.69) is 5.10 Å². The van der Waals surface area contributed by atoms with E-state index in [0.29, 0.717) is 16.6 Å². The van der Waals surface area contributed by atoms with Crippen molar-refractivity contribution in [2.45, 2.75) is 6.18 Å². The first kappa shape index (κ1) is 18.7. The van der Waals surface area contributed by atoms with Crippen LogP contribution in [-0.4, -0.2) is 26.9 Å². The van der Waals surface area contributed by atoms with Gasteiger partial charge >= 0.3 is 11.9 Å². The zero-order valence-corrected chi connectivity index (χ0v) is 15.4. The van der Waals surface area contributed by atoms with Gasteiger partial charge in [-0.1, -0.05) is 24.3 Å². The lowest BCUT2D eigenvalue weighted by molar-refractivity contribution is -0.114. The zero-order valence-electron chi connectivity index (χ0n) is 15.4. The number of imidazole rings is 1. The average molecular weight is 400 g/mol. The lowest BCUT2D eigenvalue weighted by Gasteiger charge is -2.10. The van der Waals surface area contributed by atoms with Crippen LogP contribution >= 0.6 is 0 Å². The third-order valence-electron chi connectivity index (χ3n) is 4.75. The van der Waals surface area contributed by atoms with Gasteiger partial charge < -0.3 is 0 Å². The van der Waals surface area contributed by atoms with E-state index in [-0.39, 0.29) is 11.4 Å². The number of nitrogens with zero attached hydrogens (tertiary/aromatic N) is 4. The normalized spacial score (nSPS) is 16.2. The molecule has 1 aliphatic heterocycles. The molecule has 0 atom stereocenters. The number of carbonyl (C=O) groups is 1. The topological polar surface area (TPSA) is 59.6 Å². The maximum absolute atomic E-state index is 13.6. The molecule has 0 unspecified atom stereocenters. The third-order valence-corrected chi connectivity index (χ3v) is 4.75. The van der Waals surface area contributed by atoms with Crippen LogP contribution < -0.4 is 10.7 Å². The third kappa shape index (κ3) is 3.04. The van der Waals surface area contributed by atoms with Crippen LogP contribution in [0.3, 0.4) is 0 Å². The van der Waals surface area contributed by atoms with Gasteiger partial charge in [0.05, 0.1) is 22.3 Å². The fraction of sp³-hybridized carbons (Fsp3) is 0.150. The van der Waals surface area contributed by atoms with Gasteiger partial charge in [-0.2, -0.15) is 23.3 Å². The first-order chi connectivity index (χ1) is 13.7. The van der Waals surface area contributed by atoms with E-state index < -0.39 is 23.4 Å². The smallest absolute Gasteiger partial charge is 0.295 e. The Balaban J connectivity index is 1.84. The Morgan fingerprint density at radius 2 is 1.59 bits per heavy atom. The van der Waals surface area contributed by atoms with Gasteiger partial charge in [0, 0.05) is 14.1 Å². The monoisotopic (exact) mass is 400 g/mol. The van der Waals surface area contributed by atoms with Gasteiger partial charge in [-0.3, -0.25) is 13.9 Å².